The fourth-order valence-corrected chi connectivity index (χ4v) is 2.14. The summed E-state index contributed by atoms with van der Waals surface area (Å²) in [4.78, 5) is 28.6. The van der Waals surface area contributed by atoms with Crippen LogP contribution in [0.25, 0.3) is 0 Å². The van der Waals surface area contributed by atoms with E-state index >= 15 is 0 Å². The number of carbonyl (C=O) groups excluding carboxylic acids is 2. The van der Waals surface area contributed by atoms with Crippen LogP contribution in [0.5, 0.6) is 0 Å². The van der Waals surface area contributed by atoms with Gasteiger partial charge < -0.3 is 10.6 Å². The third-order valence-electron chi connectivity index (χ3n) is 3.70. The van der Waals surface area contributed by atoms with E-state index in [1.54, 1.807) is 38.4 Å². The van der Waals surface area contributed by atoms with Gasteiger partial charge in [0.2, 0.25) is 11.8 Å². The van der Waals surface area contributed by atoms with E-state index in [0.717, 1.165) is 11.1 Å². The third kappa shape index (κ3) is 4.80. The number of carbonyl (C=O) groups is 2. The first-order valence-electron chi connectivity index (χ1n) is 7.59. The smallest absolute Gasteiger partial charge is 0.235 e. The maximum atomic E-state index is 12.3. The van der Waals surface area contributed by atoms with Crippen molar-refractivity contribution >= 4 is 23.4 Å². The highest BCUT2D eigenvalue weighted by atomic mass is 35.5. The molecule has 6 heteroatoms. The number of nitrogens with one attached hydrogen (secondary N) is 2. The van der Waals surface area contributed by atoms with Gasteiger partial charge in [0, 0.05) is 30.5 Å². The summed E-state index contributed by atoms with van der Waals surface area (Å²) in [5, 5.41) is 6.21. The summed E-state index contributed by atoms with van der Waals surface area (Å²) in [5.41, 5.74) is 0.677. The first-order valence-corrected chi connectivity index (χ1v) is 7.97. The van der Waals surface area contributed by atoms with Crippen molar-refractivity contribution < 1.29 is 9.59 Å². The van der Waals surface area contributed by atoms with E-state index < -0.39 is 5.41 Å². The first-order chi connectivity index (χ1) is 11.4. The summed E-state index contributed by atoms with van der Waals surface area (Å²) in [7, 11) is 0. The highest BCUT2D eigenvalue weighted by Crippen LogP contribution is 2.16. The van der Waals surface area contributed by atoms with E-state index in [9.17, 15) is 9.59 Å². The zero-order chi connectivity index (χ0) is 17.6. The largest absolute Gasteiger partial charge is 0.351 e. The zero-order valence-electron chi connectivity index (χ0n) is 13.7. The second kappa shape index (κ2) is 7.93. The van der Waals surface area contributed by atoms with Gasteiger partial charge in [-0.1, -0.05) is 23.7 Å². The molecule has 126 valence electrons. The lowest BCUT2D eigenvalue weighted by Crippen LogP contribution is -2.47. The van der Waals surface area contributed by atoms with Crippen molar-refractivity contribution in [2.75, 3.05) is 0 Å². The topological polar surface area (TPSA) is 71.1 Å². The van der Waals surface area contributed by atoms with E-state index in [4.69, 9.17) is 11.6 Å². The Morgan fingerprint density at radius 2 is 1.38 bits per heavy atom. The molecule has 2 N–H and O–H groups in total. The SMILES string of the molecule is CC(C)(C(=O)NCc1ccncc1)C(=O)NCc1ccc(Cl)cc1. The molecule has 2 aromatic rings. The summed E-state index contributed by atoms with van der Waals surface area (Å²) in [6, 6.07) is 10.8. The number of nitrogens with zero attached hydrogens (tertiary/aromatic N) is 1. The molecule has 1 aromatic carbocycles. The van der Waals surface area contributed by atoms with Gasteiger partial charge >= 0.3 is 0 Å². The third-order valence-corrected chi connectivity index (χ3v) is 3.96. The Hall–Kier alpha value is -2.40. The van der Waals surface area contributed by atoms with Crippen LogP contribution in [0.4, 0.5) is 0 Å². The minimum absolute atomic E-state index is 0.326. The molecule has 0 bridgehead atoms. The highest BCUT2D eigenvalue weighted by Gasteiger charge is 2.35. The molecule has 0 aliphatic carbocycles. The second-order valence-electron chi connectivity index (χ2n) is 5.97. The molecule has 0 saturated carbocycles. The van der Waals surface area contributed by atoms with Crippen LogP contribution < -0.4 is 10.6 Å². The van der Waals surface area contributed by atoms with Crippen molar-refractivity contribution in [1.82, 2.24) is 15.6 Å². The van der Waals surface area contributed by atoms with Crippen LogP contribution >= 0.6 is 11.6 Å². The molecular weight excluding hydrogens is 326 g/mol. The van der Waals surface area contributed by atoms with Crippen LogP contribution in [0.3, 0.4) is 0 Å². The Balaban J connectivity index is 1.88. The Morgan fingerprint density at radius 3 is 1.88 bits per heavy atom. The van der Waals surface area contributed by atoms with E-state index in [1.807, 2.05) is 24.3 Å². The Kier molecular flexibility index (Phi) is 5.93. The highest BCUT2D eigenvalue weighted by molar-refractivity contribution is 6.30. The molecule has 0 aliphatic rings. The standard InChI is InChI=1S/C18H20ClN3O2/c1-18(2,17(24)22-12-14-7-9-20-10-8-14)16(23)21-11-13-3-5-15(19)6-4-13/h3-10H,11-12H2,1-2H3,(H,21,23)(H,22,24). The van der Waals surface area contributed by atoms with Crippen LogP contribution in [0.2, 0.25) is 5.02 Å². The fraction of sp³-hybridized carbons (Fsp3) is 0.278. The van der Waals surface area contributed by atoms with Crippen LogP contribution in [0.1, 0.15) is 25.0 Å². The molecular formula is C18H20ClN3O2. The monoisotopic (exact) mass is 345 g/mol. The molecule has 1 aromatic heterocycles. The van der Waals surface area contributed by atoms with Crippen LogP contribution in [0, 0.1) is 5.41 Å². The maximum Gasteiger partial charge on any atom is 0.235 e. The van der Waals surface area contributed by atoms with E-state index in [1.165, 1.54) is 0 Å². The Morgan fingerprint density at radius 1 is 0.917 bits per heavy atom. The van der Waals surface area contributed by atoms with Crippen LogP contribution in [-0.2, 0) is 22.7 Å². The van der Waals surface area contributed by atoms with Crippen molar-refractivity contribution in [3.05, 3.63) is 64.9 Å². The number of halogens is 1. The summed E-state index contributed by atoms with van der Waals surface area (Å²) in [6.07, 6.45) is 3.32. The summed E-state index contributed by atoms with van der Waals surface area (Å²) < 4.78 is 0. The molecule has 5 nitrogen and oxygen atoms in total. The number of benzene rings is 1. The van der Waals surface area contributed by atoms with Gasteiger partial charge in [-0.3, -0.25) is 14.6 Å². The minimum Gasteiger partial charge on any atom is -0.351 e. The van der Waals surface area contributed by atoms with Crippen molar-refractivity contribution in [1.29, 1.82) is 0 Å². The molecule has 2 rings (SSSR count). The molecule has 0 fully saturated rings. The Bertz CT molecular complexity index is 700. The zero-order valence-corrected chi connectivity index (χ0v) is 14.4. The molecule has 0 aliphatic heterocycles. The van der Waals surface area contributed by atoms with Crippen molar-refractivity contribution in [3.63, 3.8) is 0 Å². The number of pyridine rings is 1. The lowest BCUT2D eigenvalue weighted by Gasteiger charge is -2.22. The van der Waals surface area contributed by atoms with Gasteiger partial charge in [-0.25, -0.2) is 0 Å². The minimum atomic E-state index is -1.17. The fourth-order valence-electron chi connectivity index (χ4n) is 2.01. The predicted octanol–water partition coefficient (Wildman–Crippen LogP) is 2.69. The number of aromatic nitrogens is 1. The number of amides is 2. The maximum absolute atomic E-state index is 12.3. The summed E-state index contributed by atoms with van der Waals surface area (Å²) in [5.74, 6) is -0.655. The van der Waals surface area contributed by atoms with E-state index in [2.05, 4.69) is 15.6 Å². The molecule has 0 saturated heterocycles. The van der Waals surface area contributed by atoms with E-state index in [-0.39, 0.29) is 11.8 Å². The van der Waals surface area contributed by atoms with Crippen LogP contribution in [-0.4, -0.2) is 16.8 Å². The van der Waals surface area contributed by atoms with Gasteiger partial charge in [0.25, 0.3) is 0 Å². The summed E-state index contributed by atoms with van der Waals surface area (Å²) >= 11 is 5.83. The van der Waals surface area contributed by atoms with Gasteiger partial charge in [0.05, 0.1) is 0 Å². The van der Waals surface area contributed by atoms with E-state index in [0.29, 0.717) is 18.1 Å². The lowest BCUT2D eigenvalue weighted by atomic mass is 9.91. The van der Waals surface area contributed by atoms with Gasteiger partial charge in [-0.2, -0.15) is 0 Å². The molecule has 24 heavy (non-hydrogen) atoms. The lowest BCUT2D eigenvalue weighted by molar-refractivity contribution is -0.141. The molecule has 0 spiro atoms. The van der Waals surface area contributed by atoms with Gasteiger partial charge in [-0.05, 0) is 49.2 Å². The second-order valence-corrected chi connectivity index (χ2v) is 6.41. The average molecular weight is 346 g/mol. The number of hydrogen-bond acceptors (Lipinski definition) is 3. The molecule has 0 radical (unpaired) electrons. The normalized spacial score (nSPS) is 11.0. The quantitative estimate of drug-likeness (QED) is 0.791. The van der Waals surface area contributed by atoms with Gasteiger partial charge in [-0.15, -0.1) is 0 Å². The Labute approximate surface area is 146 Å². The summed E-state index contributed by atoms with van der Waals surface area (Å²) in [6.45, 7) is 3.91. The predicted molar refractivity (Wildman–Crippen MR) is 93.2 cm³/mol. The molecule has 0 atom stereocenters. The van der Waals surface area contributed by atoms with Gasteiger partial charge in [0.1, 0.15) is 5.41 Å². The van der Waals surface area contributed by atoms with Gasteiger partial charge in [0.15, 0.2) is 0 Å². The van der Waals surface area contributed by atoms with Crippen molar-refractivity contribution in [2.45, 2.75) is 26.9 Å². The average Bonchev–Trinajstić information content (AvgIpc) is 2.59. The first kappa shape index (κ1) is 17.9. The number of rotatable bonds is 6. The molecule has 1 heterocycles. The number of hydrogen-bond donors (Lipinski definition) is 2. The van der Waals surface area contributed by atoms with Crippen molar-refractivity contribution in [2.24, 2.45) is 5.41 Å². The van der Waals surface area contributed by atoms with Crippen molar-refractivity contribution in [3.8, 4) is 0 Å². The van der Waals surface area contributed by atoms with Crippen LogP contribution in [0.15, 0.2) is 48.8 Å². The molecule has 2 amide bonds. The molecule has 0 unspecified atom stereocenters.